The van der Waals surface area contributed by atoms with E-state index in [4.69, 9.17) is 0 Å². The molecular weight excluding hydrogens is 242 g/mol. The van der Waals surface area contributed by atoms with Gasteiger partial charge in [0.1, 0.15) is 0 Å². The number of hydrazine groups is 1. The molecule has 0 aromatic heterocycles. The lowest BCUT2D eigenvalue weighted by Crippen LogP contribution is -2.43. The summed E-state index contributed by atoms with van der Waals surface area (Å²) in [6, 6.07) is 10.9. The number of fused-ring (bicyclic) bond motifs is 1. The average Bonchev–Trinajstić information content (AvgIpc) is 2.47. The van der Waals surface area contributed by atoms with Crippen LogP contribution in [0, 0.1) is 10.1 Å². The highest BCUT2D eigenvalue weighted by atomic mass is 16.6. The van der Waals surface area contributed by atoms with Crippen molar-refractivity contribution in [2.24, 2.45) is 0 Å². The smallest absolute Gasteiger partial charge is 0.277 e. The molecule has 3 rings (SSSR count). The number of hydrogen-bond acceptors (Lipinski definition) is 4. The Morgan fingerprint density at radius 1 is 1.11 bits per heavy atom. The first kappa shape index (κ1) is 11.9. The number of nitro groups is 1. The van der Waals surface area contributed by atoms with Crippen LogP contribution >= 0.6 is 0 Å². The fourth-order valence-electron chi connectivity index (χ4n) is 2.56. The molecule has 2 aromatic rings. The molecule has 0 atom stereocenters. The standard InChI is InChI=1S/C14H15N3O2/c18-17(19)14-8-7-13(16-10-4-3-9-15-16)11-5-1-2-6-12(11)14/h1-2,5-8,15H,3-4,9-10H2. The number of nitrogens with one attached hydrogen (secondary N) is 1. The molecule has 0 unspecified atom stereocenters. The van der Waals surface area contributed by atoms with Gasteiger partial charge in [-0.25, -0.2) is 5.43 Å². The number of hydrogen-bond donors (Lipinski definition) is 1. The van der Waals surface area contributed by atoms with Gasteiger partial charge in [0.05, 0.1) is 16.0 Å². The molecule has 0 amide bonds. The number of nitro benzene ring substituents is 1. The van der Waals surface area contributed by atoms with E-state index >= 15 is 0 Å². The second-order valence-electron chi connectivity index (χ2n) is 4.67. The van der Waals surface area contributed by atoms with Gasteiger partial charge in [-0.2, -0.15) is 0 Å². The third-order valence-corrected chi connectivity index (χ3v) is 3.48. The van der Waals surface area contributed by atoms with Crippen molar-refractivity contribution < 1.29 is 4.92 Å². The van der Waals surface area contributed by atoms with E-state index in [1.165, 1.54) is 6.42 Å². The van der Waals surface area contributed by atoms with E-state index < -0.39 is 0 Å². The van der Waals surface area contributed by atoms with Gasteiger partial charge < -0.3 is 5.01 Å². The Morgan fingerprint density at radius 3 is 2.58 bits per heavy atom. The summed E-state index contributed by atoms with van der Waals surface area (Å²) in [5.41, 5.74) is 4.52. The second-order valence-corrected chi connectivity index (χ2v) is 4.67. The number of anilines is 1. The zero-order valence-electron chi connectivity index (χ0n) is 10.5. The number of non-ortho nitro benzene ring substituents is 1. The monoisotopic (exact) mass is 257 g/mol. The van der Waals surface area contributed by atoms with Crippen molar-refractivity contribution in [1.29, 1.82) is 0 Å². The largest absolute Gasteiger partial charge is 0.308 e. The predicted molar refractivity (Wildman–Crippen MR) is 75.2 cm³/mol. The summed E-state index contributed by atoms with van der Waals surface area (Å²) >= 11 is 0. The Hall–Kier alpha value is -2.14. The molecule has 1 saturated heterocycles. The molecule has 0 spiro atoms. The number of rotatable bonds is 2. The Kier molecular flexibility index (Phi) is 3.05. The van der Waals surface area contributed by atoms with E-state index in [1.54, 1.807) is 12.1 Å². The zero-order chi connectivity index (χ0) is 13.2. The van der Waals surface area contributed by atoms with E-state index in [0.29, 0.717) is 5.39 Å². The fraction of sp³-hybridized carbons (Fsp3) is 0.286. The Bertz CT molecular complexity index is 621. The molecule has 5 nitrogen and oxygen atoms in total. The van der Waals surface area contributed by atoms with Crippen molar-refractivity contribution in [3.63, 3.8) is 0 Å². The van der Waals surface area contributed by atoms with Crippen LogP contribution in [0.5, 0.6) is 0 Å². The molecule has 0 bridgehead atoms. The first-order valence-corrected chi connectivity index (χ1v) is 6.44. The van der Waals surface area contributed by atoms with Crippen LogP contribution in [0.25, 0.3) is 10.8 Å². The van der Waals surface area contributed by atoms with Gasteiger partial charge in [-0.1, -0.05) is 18.2 Å². The normalized spacial score (nSPS) is 15.7. The van der Waals surface area contributed by atoms with Crippen LogP contribution in [0.2, 0.25) is 0 Å². The molecule has 1 aliphatic heterocycles. The van der Waals surface area contributed by atoms with Gasteiger partial charge in [0.25, 0.3) is 5.69 Å². The molecule has 0 saturated carbocycles. The molecule has 0 aliphatic carbocycles. The maximum absolute atomic E-state index is 11.1. The Labute approximate surface area is 110 Å². The van der Waals surface area contributed by atoms with E-state index in [9.17, 15) is 10.1 Å². The summed E-state index contributed by atoms with van der Waals surface area (Å²) in [5.74, 6) is 0. The molecule has 5 heteroatoms. The maximum Gasteiger partial charge on any atom is 0.277 e. The molecule has 1 fully saturated rings. The van der Waals surface area contributed by atoms with Crippen molar-refractivity contribution in [2.45, 2.75) is 12.8 Å². The van der Waals surface area contributed by atoms with Gasteiger partial charge in [0.15, 0.2) is 0 Å². The van der Waals surface area contributed by atoms with Gasteiger partial charge in [-0.05, 0) is 25.0 Å². The van der Waals surface area contributed by atoms with Gasteiger partial charge in [0, 0.05) is 24.5 Å². The molecule has 1 aliphatic rings. The van der Waals surface area contributed by atoms with Crippen molar-refractivity contribution >= 4 is 22.1 Å². The lowest BCUT2D eigenvalue weighted by molar-refractivity contribution is -0.383. The van der Waals surface area contributed by atoms with Crippen LogP contribution in [-0.4, -0.2) is 18.0 Å². The quantitative estimate of drug-likeness (QED) is 0.664. The Morgan fingerprint density at radius 2 is 1.89 bits per heavy atom. The predicted octanol–water partition coefficient (Wildman–Crippen LogP) is 2.85. The van der Waals surface area contributed by atoms with Gasteiger partial charge in [0.2, 0.25) is 0 Å². The van der Waals surface area contributed by atoms with E-state index in [1.807, 2.05) is 24.3 Å². The highest BCUT2D eigenvalue weighted by Gasteiger charge is 2.18. The summed E-state index contributed by atoms with van der Waals surface area (Å²) in [6.07, 6.45) is 2.31. The summed E-state index contributed by atoms with van der Waals surface area (Å²) in [6.45, 7) is 1.88. The third-order valence-electron chi connectivity index (χ3n) is 3.48. The van der Waals surface area contributed by atoms with Crippen LogP contribution < -0.4 is 10.4 Å². The van der Waals surface area contributed by atoms with Crippen molar-refractivity contribution in [1.82, 2.24) is 5.43 Å². The minimum Gasteiger partial charge on any atom is -0.308 e. The van der Waals surface area contributed by atoms with Crippen molar-refractivity contribution in [2.75, 3.05) is 18.1 Å². The van der Waals surface area contributed by atoms with Crippen LogP contribution in [0.15, 0.2) is 36.4 Å². The maximum atomic E-state index is 11.1. The van der Waals surface area contributed by atoms with Gasteiger partial charge in [-0.3, -0.25) is 10.1 Å². The molecular formula is C14H15N3O2. The molecule has 2 aromatic carbocycles. The zero-order valence-corrected chi connectivity index (χ0v) is 10.5. The summed E-state index contributed by atoms with van der Waals surface area (Å²) in [7, 11) is 0. The van der Waals surface area contributed by atoms with Crippen LogP contribution in [-0.2, 0) is 0 Å². The lowest BCUT2D eigenvalue weighted by Gasteiger charge is -2.30. The Balaban J connectivity index is 2.15. The van der Waals surface area contributed by atoms with Crippen LogP contribution in [0.1, 0.15) is 12.8 Å². The minimum atomic E-state index is -0.324. The summed E-state index contributed by atoms with van der Waals surface area (Å²) in [5, 5.41) is 14.8. The highest BCUT2D eigenvalue weighted by Crippen LogP contribution is 2.33. The van der Waals surface area contributed by atoms with Crippen molar-refractivity contribution in [3.05, 3.63) is 46.5 Å². The molecule has 1 N–H and O–H groups in total. The van der Waals surface area contributed by atoms with E-state index in [-0.39, 0.29) is 10.6 Å². The molecule has 0 radical (unpaired) electrons. The summed E-state index contributed by atoms with van der Waals surface area (Å²) < 4.78 is 0. The molecule has 1 heterocycles. The fourth-order valence-corrected chi connectivity index (χ4v) is 2.56. The average molecular weight is 257 g/mol. The first-order chi connectivity index (χ1) is 9.27. The van der Waals surface area contributed by atoms with Gasteiger partial charge >= 0.3 is 0 Å². The first-order valence-electron chi connectivity index (χ1n) is 6.44. The number of benzene rings is 2. The van der Waals surface area contributed by atoms with E-state index in [2.05, 4.69) is 10.4 Å². The van der Waals surface area contributed by atoms with E-state index in [0.717, 1.165) is 30.6 Å². The molecule has 98 valence electrons. The topological polar surface area (TPSA) is 58.4 Å². The van der Waals surface area contributed by atoms with Crippen LogP contribution in [0.4, 0.5) is 11.4 Å². The van der Waals surface area contributed by atoms with Crippen LogP contribution in [0.3, 0.4) is 0 Å². The third kappa shape index (κ3) is 2.13. The second kappa shape index (κ2) is 4.85. The number of nitrogens with zero attached hydrogens (tertiary/aromatic N) is 2. The minimum absolute atomic E-state index is 0.163. The highest BCUT2D eigenvalue weighted by molar-refractivity contribution is 5.99. The molecule has 19 heavy (non-hydrogen) atoms. The van der Waals surface area contributed by atoms with Crippen molar-refractivity contribution in [3.8, 4) is 0 Å². The SMILES string of the molecule is O=[N+]([O-])c1ccc(N2CCCCN2)c2ccccc12. The summed E-state index contributed by atoms with van der Waals surface area (Å²) in [4.78, 5) is 10.8. The van der Waals surface area contributed by atoms with Gasteiger partial charge in [-0.15, -0.1) is 0 Å². The lowest BCUT2D eigenvalue weighted by atomic mass is 10.1.